The van der Waals surface area contributed by atoms with Crippen LogP contribution in [0.3, 0.4) is 0 Å². The maximum absolute atomic E-state index is 12.9. The van der Waals surface area contributed by atoms with E-state index >= 15 is 0 Å². The van der Waals surface area contributed by atoms with Crippen molar-refractivity contribution < 1.29 is 26.3 Å². The lowest BCUT2D eigenvalue weighted by Crippen LogP contribution is -2.17. The molecule has 0 aliphatic carbocycles. The largest absolute Gasteiger partial charge is 0.416 e. The maximum atomic E-state index is 12.9. The maximum Gasteiger partial charge on any atom is 0.416 e. The predicted molar refractivity (Wildman–Crippen MR) is 68.3 cm³/mol. The first-order valence-corrected chi connectivity index (χ1v) is 6.42. The van der Waals surface area contributed by atoms with Crippen LogP contribution in [0.1, 0.15) is 23.1 Å². The zero-order valence-corrected chi connectivity index (χ0v) is 12.1. The van der Waals surface area contributed by atoms with Crippen LogP contribution in [0.25, 0.3) is 0 Å². The summed E-state index contributed by atoms with van der Waals surface area (Å²) in [5.41, 5.74) is -3.00. The number of alkyl halides is 6. The van der Waals surface area contributed by atoms with E-state index in [9.17, 15) is 26.3 Å². The molecule has 1 aromatic carbocycles. The standard InChI is InChI=1S/C13H14ClF6N/c1-21(2)5-3-4-9-10(13(18,19)20)6-8(7-11(9)14)12(15,16)17/h6-7H,3-5H2,1-2H3. The number of hydrogen-bond donors (Lipinski definition) is 0. The van der Waals surface area contributed by atoms with Crippen LogP contribution in [-0.2, 0) is 18.8 Å². The minimum absolute atomic E-state index is 0.0377. The number of benzene rings is 1. The molecule has 0 aliphatic heterocycles. The Morgan fingerprint density at radius 2 is 1.57 bits per heavy atom. The van der Waals surface area contributed by atoms with Crippen molar-refractivity contribution in [1.82, 2.24) is 4.90 Å². The Kier molecular flexibility index (Phi) is 5.55. The molecule has 0 N–H and O–H groups in total. The van der Waals surface area contributed by atoms with Crippen LogP contribution in [-0.4, -0.2) is 25.5 Å². The van der Waals surface area contributed by atoms with Crippen LogP contribution in [0, 0.1) is 0 Å². The van der Waals surface area contributed by atoms with E-state index in [-0.39, 0.29) is 18.1 Å². The van der Waals surface area contributed by atoms with Gasteiger partial charge in [-0.05, 0) is 51.2 Å². The van der Waals surface area contributed by atoms with E-state index in [1.54, 1.807) is 19.0 Å². The summed E-state index contributed by atoms with van der Waals surface area (Å²) in [5.74, 6) is 0. The Hall–Kier alpha value is -0.950. The molecule has 0 heterocycles. The lowest BCUT2D eigenvalue weighted by atomic mass is 9.99. The fourth-order valence-electron chi connectivity index (χ4n) is 1.88. The molecule has 1 rings (SSSR count). The first kappa shape index (κ1) is 18.1. The molecule has 1 nitrogen and oxygen atoms in total. The molecule has 0 fully saturated rings. The van der Waals surface area contributed by atoms with Gasteiger partial charge >= 0.3 is 12.4 Å². The second-order valence-corrected chi connectivity index (χ2v) is 5.29. The van der Waals surface area contributed by atoms with Crippen LogP contribution in [0.2, 0.25) is 5.02 Å². The molecule has 0 bridgehead atoms. The fraction of sp³-hybridized carbons (Fsp3) is 0.538. The van der Waals surface area contributed by atoms with Crippen molar-refractivity contribution in [2.24, 2.45) is 0 Å². The van der Waals surface area contributed by atoms with Gasteiger partial charge in [-0.25, -0.2) is 0 Å². The van der Waals surface area contributed by atoms with Crippen LogP contribution < -0.4 is 0 Å². The Bertz CT molecular complexity index is 493. The van der Waals surface area contributed by atoms with Gasteiger partial charge in [0.1, 0.15) is 0 Å². The average molecular weight is 334 g/mol. The minimum atomic E-state index is -4.88. The molecule has 0 aliphatic rings. The van der Waals surface area contributed by atoms with Gasteiger partial charge in [-0.2, -0.15) is 26.3 Å². The molecule has 0 saturated carbocycles. The fourth-order valence-corrected chi connectivity index (χ4v) is 2.19. The van der Waals surface area contributed by atoms with Gasteiger partial charge in [0.15, 0.2) is 0 Å². The van der Waals surface area contributed by atoms with Gasteiger partial charge in [0.05, 0.1) is 11.1 Å². The van der Waals surface area contributed by atoms with Gasteiger partial charge in [-0.1, -0.05) is 11.6 Å². The predicted octanol–water partition coefficient (Wildman–Crippen LogP) is 4.87. The van der Waals surface area contributed by atoms with Gasteiger partial charge in [0.25, 0.3) is 0 Å². The van der Waals surface area contributed by atoms with Gasteiger partial charge in [-0.3, -0.25) is 0 Å². The Morgan fingerprint density at radius 1 is 1.00 bits per heavy atom. The third-order valence-corrected chi connectivity index (χ3v) is 3.20. The molecule has 8 heteroatoms. The molecule has 21 heavy (non-hydrogen) atoms. The first-order chi connectivity index (χ1) is 9.43. The van der Waals surface area contributed by atoms with E-state index < -0.39 is 28.5 Å². The smallest absolute Gasteiger partial charge is 0.309 e. The third-order valence-electron chi connectivity index (χ3n) is 2.86. The Labute approximate surface area is 123 Å². The van der Waals surface area contributed by atoms with E-state index in [1.807, 2.05) is 0 Å². The van der Waals surface area contributed by atoms with Crippen molar-refractivity contribution in [1.29, 1.82) is 0 Å². The van der Waals surface area contributed by atoms with E-state index in [2.05, 4.69) is 0 Å². The highest BCUT2D eigenvalue weighted by Gasteiger charge is 2.39. The summed E-state index contributed by atoms with van der Waals surface area (Å²) in [6.45, 7) is 0.509. The summed E-state index contributed by atoms with van der Waals surface area (Å²) in [6, 6.07) is 0.665. The van der Waals surface area contributed by atoms with Crippen molar-refractivity contribution in [3.05, 3.63) is 33.8 Å². The molecule has 1 aromatic rings. The van der Waals surface area contributed by atoms with Gasteiger partial charge in [0, 0.05) is 5.02 Å². The Balaban J connectivity index is 3.23. The highest BCUT2D eigenvalue weighted by molar-refractivity contribution is 6.31. The Morgan fingerprint density at radius 3 is 2.00 bits per heavy atom. The lowest BCUT2D eigenvalue weighted by molar-refractivity contribution is -0.143. The van der Waals surface area contributed by atoms with Crippen LogP contribution >= 0.6 is 11.6 Å². The van der Waals surface area contributed by atoms with E-state index in [0.29, 0.717) is 19.0 Å². The summed E-state index contributed by atoms with van der Waals surface area (Å²) in [7, 11) is 3.50. The molecule has 0 aromatic heterocycles. The van der Waals surface area contributed by atoms with Crippen molar-refractivity contribution in [2.45, 2.75) is 25.2 Å². The second kappa shape index (κ2) is 6.44. The second-order valence-electron chi connectivity index (χ2n) is 4.89. The molecule has 120 valence electrons. The molecule has 0 atom stereocenters. The summed E-state index contributed by atoms with van der Waals surface area (Å²) >= 11 is 5.65. The van der Waals surface area contributed by atoms with Crippen LogP contribution in [0.4, 0.5) is 26.3 Å². The van der Waals surface area contributed by atoms with Crippen molar-refractivity contribution in [2.75, 3.05) is 20.6 Å². The minimum Gasteiger partial charge on any atom is -0.309 e. The highest BCUT2D eigenvalue weighted by Crippen LogP contribution is 2.40. The lowest BCUT2D eigenvalue weighted by Gasteiger charge is -2.18. The molecule has 0 amide bonds. The summed E-state index contributed by atoms with van der Waals surface area (Å²) < 4.78 is 76.6. The number of hydrogen-bond acceptors (Lipinski definition) is 1. The highest BCUT2D eigenvalue weighted by atomic mass is 35.5. The van der Waals surface area contributed by atoms with Gasteiger partial charge in [0.2, 0.25) is 0 Å². The van der Waals surface area contributed by atoms with Crippen molar-refractivity contribution in [3.8, 4) is 0 Å². The van der Waals surface area contributed by atoms with Gasteiger partial charge in [-0.15, -0.1) is 0 Å². The monoisotopic (exact) mass is 333 g/mol. The number of halogens is 7. The third kappa shape index (κ3) is 5.07. The van der Waals surface area contributed by atoms with E-state index in [1.165, 1.54) is 0 Å². The summed E-state index contributed by atoms with van der Waals surface area (Å²) in [5, 5.41) is -0.504. The molecular formula is C13H14ClF6N. The molecule has 0 spiro atoms. The first-order valence-electron chi connectivity index (χ1n) is 6.04. The normalized spacial score (nSPS) is 13.0. The zero-order valence-electron chi connectivity index (χ0n) is 11.4. The molecular weight excluding hydrogens is 320 g/mol. The quantitative estimate of drug-likeness (QED) is 0.710. The van der Waals surface area contributed by atoms with Crippen LogP contribution in [0.5, 0.6) is 0 Å². The average Bonchev–Trinajstić information content (AvgIpc) is 2.27. The van der Waals surface area contributed by atoms with E-state index in [0.717, 1.165) is 0 Å². The summed E-state index contributed by atoms with van der Waals surface area (Å²) in [4.78, 5) is 1.77. The topological polar surface area (TPSA) is 3.24 Å². The zero-order chi connectivity index (χ0) is 16.4. The number of rotatable bonds is 4. The summed E-state index contributed by atoms with van der Waals surface area (Å²) in [6.07, 6.45) is -9.42. The molecule has 0 saturated heterocycles. The molecule has 0 radical (unpaired) electrons. The van der Waals surface area contributed by atoms with Crippen molar-refractivity contribution >= 4 is 11.6 Å². The van der Waals surface area contributed by atoms with Crippen molar-refractivity contribution in [3.63, 3.8) is 0 Å². The van der Waals surface area contributed by atoms with Crippen LogP contribution in [0.15, 0.2) is 12.1 Å². The SMILES string of the molecule is CN(C)CCCc1c(Cl)cc(C(F)(F)F)cc1C(F)(F)F. The van der Waals surface area contributed by atoms with E-state index in [4.69, 9.17) is 11.6 Å². The number of nitrogens with zero attached hydrogens (tertiary/aromatic N) is 1. The van der Waals surface area contributed by atoms with Gasteiger partial charge < -0.3 is 4.90 Å². The molecule has 0 unspecified atom stereocenters.